The Labute approximate surface area is 167 Å². The number of ether oxygens (including phenoxy) is 1. The maximum absolute atomic E-state index is 12.4. The molecule has 1 N–H and O–H groups in total. The molecule has 0 saturated heterocycles. The van der Waals surface area contributed by atoms with Crippen molar-refractivity contribution < 1.29 is 17.9 Å². The fourth-order valence-corrected chi connectivity index (χ4v) is 3.79. The second-order valence-corrected chi connectivity index (χ2v) is 8.89. The van der Waals surface area contributed by atoms with Crippen LogP contribution in [0.1, 0.15) is 24.0 Å². The predicted octanol–water partition coefficient (Wildman–Crippen LogP) is 3.22. The molecule has 0 aliphatic heterocycles. The number of carbonyl (C=O) groups is 1. The molecule has 2 aromatic rings. The number of nitrogens with one attached hydrogen (secondary N) is 1. The number of carbonyl (C=O) groups excluding carboxylic acids is 1. The van der Waals surface area contributed by atoms with E-state index < -0.39 is 10.0 Å². The molecule has 0 radical (unpaired) electrons. The van der Waals surface area contributed by atoms with Crippen LogP contribution in [0.15, 0.2) is 53.4 Å². The van der Waals surface area contributed by atoms with Crippen LogP contribution >= 0.6 is 0 Å². The van der Waals surface area contributed by atoms with Gasteiger partial charge in [0.05, 0.1) is 11.5 Å². The van der Waals surface area contributed by atoms with Gasteiger partial charge in [-0.15, -0.1) is 0 Å². The molecule has 0 aliphatic carbocycles. The highest BCUT2D eigenvalue weighted by molar-refractivity contribution is 7.89. The number of anilines is 1. The highest BCUT2D eigenvalue weighted by Crippen LogP contribution is 2.22. The molecule has 0 unspecified atom stereocenters. The second kappa shape index (κ2) is 10.4. The first-order valence-corrected chi connectivity index (χ1v) is 10.7. The molecule has 0 heterocycles. The zero-order chi connectivity index (χ0) is 20.6. The van der Waals surface area contributed by atoms with Crippen molar-refractivity contribution in [2.45, 2.75) is 31.1 Å². The number of aryl methyl sites for hydroxylation is 1. The third-order valence-electron chi connectivity index (χ3n) is 4.30. The van der Waals surface area contributed by atoms with E-state index in [9.17, 15) is 13.2 Å². The zero-order valence-electron chi connectivity index (χ0n) is 16.6. The molecule has 0 spiro atoms. The molecule has 28 heavy (non-hydrogen) atoms. The number of nitrogens with zero attached hydrogens (tertiary/aromatic N) is 1. The number of hydrogen-bond acceptors (Lipinski definition) is 4. The first-order valence-electron chi connectivity index (χ1n) is 9.25. The second-order valence-electron chi connectivity index (χ2n) is 6.77. The topological polar surface area (TPSA) is 75.7 Å². The van der Waals surface area contributed by atoms with Gasteiger partial charge in [-0.05, 0) is 43.0 Å². The molecule has 0 saturated carbocycles. The molecule has 2 aromatic carbocycles. The van der Waals surface area contributed by atoms with E-state index in [0.29, 0.717) is 37.3 Å². The Balaban J connectivity index is 1.77. The summed E-state index contributed by atoms with van der Waals surface area (Å²) in [7, 11) is -0.586. The molecule has 0 atom stereocenters. The fourth-order valence-electron chi connectivity index (χ4n) is 2.65. The van der Waals surface area contributed by atoms with Gasteiger partial charge in [-0.1, -0.05) is 36.4 Å². The van der Waals surface area contributed by atoms with Crippen molar-refractivity contribution in [1.29, 1.82) is 0 Å². The molecule has 0 aromatic heterocycles. The van der Waals surface area contributed by atoms with Gasteiger partial charge in [-0.3, -0.25) is 4.79 Å². The fraction of sp³-hybridized carbons (Fsp3) is 0.381. The van der Waals surface area contributed by atoms with E-state index in [1.807, 2.05) is 18.2 Å². The van der Waals surface area contributed by atoms with Crippen LogP contribution in [-0.4, -0.2) is 45.9 Å². The molecule has 7 heteroatoms. The van der Waals surface area contributed by atoms with Gasteiger partial charge in [0.1, 0.15) is 0 Å². The summed E-state index contributed by atoms with van der Waals surface area (Å²) in [5.74, 6) is -0.163. The normalized spacial score (nSPS) is 11.6. The first kappa shape index (κ1) is 22.1. The summed E-state index contributed by atoms with van der Waals surface area (Å²) < 4.78 is 31.5. The highest BCUT2D eigenvalue weighted by Gasteiger charge is 2.20. The lowest BCUT2D eigenvalue weighted by Gasteiger charge is -2.15. The summed E-state index contributed by atoms with van der Waals surface area (Å²) in [6.45, 7) is 2.86. The molecule has 2 rings (SSSR count). The minimum Gasteiger partial charge on any atom is -0.381 e. The maximum Gasteiger partial charge on any atom is 0.242 e. The molecule has 1 amide bonds. The van der Waals surface area contributed by atoms with Gasteiger partial charge in [0.15, 0.2) is 0 Å². The molecule has 0 fully saturated rings. The van der Waals surface area contributed by atoms with E-state index in [1.165, 1.54) is 25.7 Å². The van der Waals surface area contributed by atoms with Gasteiger partial charge in [-0.2, -0.15) is 0 Å². The summed E-state index contributed by atoms with van der Waals surface area (Å²) in [6, 6.07) is 15.0. The maximum atomic E-state index is 12.4. The largest absolute Gasteiger partial charge is 0.381 e. The van der Waals surface area contributed by atoms with Gasteiger partial charge in [0, 0.05) is 32.8 Å². The summed E-state index contributed by atoms with van der Waals surface area (Å²) in [5, 5.41) is 2.76. The van der Waals surface area contributed by atoms with E-state index in [4.69, 9.17) is 4.74 Å². The van der Waals surface area contributed by atoms with Crippen molar-refractivity contribution in [2.24, 2.45) is 0 Å². The molecule has 6 nitrogen and oxygen atoms in total. The van der Waals surface area contributed by atoms with Crippen molar-refractivity contribution >= 4 is 21.6 Å². The minimum atomic E-state index is -3.55. The predicted molar refractivity (Wildman–Crippen MR) is 111 cm³/mol. The van der Waals surface area contributed by atoms with Crippen molar-refractivity contribution in [3.8, 4) is 0 Å². The number of sulfonamides is 1. The lowest BCUT2D eigenvalue weighted by Crippen LogP contribution is -2.23. The monoisotopic (exact) mass is 404 g/mol. The number of amides is 1. The van der Waals surface area contributed by atoms with Gasteiger partial charge in [0.25, 0.3) is 0 Å². The first-order chi connectivity index (χ1) is 13.3. The van der Waals surface area contributed by atoms with E-state index >= 15 is 0 Å². The average Bonchev–Trinajstić information content (AvgIpc) is 2.66. The third kappa shape index (κ3) is 6.44. The Morgan fingerprint density at radius 3 is 2.46 bits per heavy atom. The van der Waals surface area contributed by atoms with E-state index in [2.05, 4.69) is 17.4 Å². The van der Waals surface area contributed by atoms with E-state index in [-0.39, 0.29) is 10.8 Å². The van der Waals surface area contributed by atoms with Gasteiger partial charge in [0.2, 0.25) is 15.9 Å². The van der Waals surface area contributed by atoms with Crippen molar-refractivity contribution in [3.63, 3.8) is 0 Å². The summed E-state index contributed by atoms with van der Waals surface area (Å²) in [4.78, 5) is 12.3. The molecular formula is C21H28N2O4S. The highest BCUT2D eigenvalue weighted by atomic mass is 32.2. The van der Waals surface area contributed by atoms with Gasteiger partial charge < -0.3 is 10.1 Å². The Bertz CT molecular complexity index is 881. The number of hydrogen-bond donors (Lipinski definition) is 1. The van der Waals surface area contributed by atoms with Crippen LogP contribution in [0.5, 0.6) is 0 Å². The Hall–Kier alpha value is -2.22. The van der Waals surface area contributed by atoms with Crippen LogP contribution in [0, 0.1) is 6.92 Å². The lowest BCUT2D eigenvalue weighted by molar-refractivity contribution is -0.116. The Kier molecular flexibility index (Phi) is 8.17. The van der Waals surface area contributed by atoms with Crippen LogP contribution in [0.3, 0.4) is 0 Å². The number of benzene rings is 2. The van der Waals surface area contributed by atoms with Crippen LogP contribution in [0.4, 0.5) is 5.69 Å². The quantitative estimate of drug-likeness (QED) is 0.617. The van der Waals surface area contributed by atoms with Crippen LogP contribution in [0.25, 0.3) is 0 Å². The standard InChI is InChI=1S/C21H28N2O4S/c1-17-11-12-19(16-20(17)28(25,26)23(2)3)22-21(24)10-7-14-27-15-13-18-8-5-4-6-9-18/h4-6,8-9,11-12,16H,7,10,13-15H2,1-3H3,(H,22,24). The van der Waals surface area contributed by atoms with Crippen LogP contribution in [-0.2, 0) is 26.0 Å². The smallest absolute Gasteiger partial charge is 0.242 e. The molecule has 0 bridgehead atoms. The van der Waals surface area contributed by atoms with Crippen molar-refractivity contribution in [3.05, 3.63) is 59.7 Å². The minimum absolute atomic E-state index is 0.163. The van der Waals surface area contributed by atoms with Crippen molar-refractivity contribution in [2.75, 3.05) is 32.6 Å². The summed E-state index contributed by atoms with van der Waals surface area (Å²) >= 11 is 0. The Morgan fingerprint density at radius 1 is 1.07 bits per heavy atom. The zero-order valence-corrected chi connectivity index (χ0v) is 17.5. The van der Waals surface area contributed by atoms with Gasteiger partial charge >= 0.3 is 0 Å². The molecule has 152 valence electrons. The lowest BCUT2D eigenvalue weighted by atomic mass is 10.2. The Morgan fingerprint density at radius 2 is 1.79 bits per heavy atom. The average molecular weight is 405 g/mol. The van der Waals surface area contributed by atoms with E-state index in [1.54, 1.807) is 19.1 Å². The van der Waals surface area contributed by atoms with Gasteiger partial charge in [-0.25, -0.2) is 12.7 Å². The third-order valence-corrected chi connectivity index (χ3v) is 6.26. The molecule has 0 aliphatic rings. The SMILES string of the molecule is Cc1ccc(NC(=O)CCCOCCc2ccccc2)cc1S(=O)(=O)N(C)C. The van der Waals surface area contributed by atoms with Crippen molar-refractivity contribution in [1.82, 2.24) is 4.31 Å². The molecular weight excluding hydrogens is 376 g/mol. The van der Waals surface area contributed by atoms with E-state index in [0.717, 1.165) is 10.7 Å². The van der Waals surface area contributed by atoms with Crippen LogP contribution < -0.4 is 5.32 Å². The van der Waals surface area contributed by atoms with Crippen LogP contribution in [0.2, 0.25) is 0 Å². The summed E-state index contributed by atoms with van der Waals surface area (Å²) in [5.41, 5.74) is 2.34. The summed E-state index contributed by atoms with van der Waals surface area (Å²) in [6.07, 6.45) is 1.77. The number of rotatable bonds is 10.